The molecule has 4 heterocycles. The predicted molar refractivity (Wildman–Crippen MR) is 148 cm³/mol. The van der Waals surface area contributed by atoms with E-state index < -0.39 is 30.1 Å². The largest absolute Gasteiger partial charge is 0.385 e. The molecule has 0 saturated carbocycles. The standard InChI is InChI=1S/C28H32N8O5/c29-24(38)22-23(37)28(39,35-19-11-12-30-13-19)27(40-22)41-36-16-34-21-25(32-15-33-26(21)36)31-14-20(17-7-3-1-4-8-17)18-9-5-2-6-10-18/h1-10,15-16,19-20,22-23,27,30,35,37,39H,11-14H2,(H2,29,38)(H,31,32,33)/t19?,22-,23+,27-,28+/m0/s1. The van der Waals surface area contributed by atoms with Gasteiger partial charge in [-0.3, -0.25) is 10.1 Å². The van der Waals surface area contributed by atoms with Crippen LogP contribution in [-0.2, 0) is 9.53 Å². The maximum Gasteiger partial charge on any atom is 0.271 e. The van der Waals surface area contributed by atoms with E-state index in [0.717, 1.165) is 17.7 Å². The van der Waals surface area contributed by atoms with Gasteiger partial charge in [0.05, 0.1) is 0 Å². The number of fused-ring (bicyclic) bond motifs is 1. The Kier molecular flexibility index (Phi) is 7.51. The van der Waals surface area contributed by atoms with Crippen LogP contribution in [-0.4, -0.2) is 85.7 Å². The van der Waals surface area contributed by atoms with Crippen molar-refractivity contribution in [3.63, 3.8) is 0 Å². The molecule has 2 fully saturated rings. The van der Waals surface area contributed by atoms with Crippen LogP contribution in [0.2, 0.25) is 0 Å². The van der Waals surface area contributed by atoms with Crippen molar-refractivity contribution in [3.8, 4) is 0 Å². The van der Waals surface area contributed by atoms with Crippen LogP contribution in [0.25, 0.3) is 11.2 Å². The highest BCUT2D eigenvalue weighted by atomic mass is 16.8. The first kappa shape index (κ1) is 27.1. The molecule has 214 valence electrons. The number of carbonyl (C=O) groups is 1. The maximum absolute atomic E-state index is 12.0. The van der Waals surface area contributed by atoms with Crippen LogP contribution in [0, 0.1) is 0 Å². The summed E-state index contributed by atoms with van der Waals surface area (Å²) in [5.74, 6) is -0.392. The fourth-order valence-corrected chi connectivity index (χ4v) is 5.39. The SMILES string of the molecule is NC(=O)[C@H]1O[C@@H](On2cnc3c(NCC(c4ccccc4)c4ccccc4)ncnc32)[C@@](O)(NC2CCNC2)[C@@H]1O. The lowest BCUT2D eigenvalue weighted by Crippen LogP contribution is -2.65. The average Bonchev–Trinajstić information content (AvgIpc) is 3.71. The third kappa shape index (κ3) is 5.33. The Bertz CT molecular complexity index is 1440. The molecule has 0 aliphatic carbocycles. The van der Waals surface area contributed by atoms with Gasteiger partial charge in [0.1, 0.15) is 18.8 Å². The number of hydrogen-bond donors (Lipinski definition) is 6. The van der Waals surface area contributed by atoms with Gasteiger partial charge in [0.2, 0.25) is 17.3 Å². The smallest absolute Gasteiger partial charge is 0.271 e. The number of anilines is 1. The maximum atomic E-state index is 12.0. The highest BCUT2D eigenvalue weighted by Gasteiger charge is 2.60. The fourth-order valence-electron chi connectivity index (χ4n) is 5.39. The number of hydrogen-bond acceptors (Lipinski definition) is 11. The summed E-state index contributed by atoms with van der Waals surface area (Å²) in [5.41, 5.74) is 6.32. The molecule has 6 rings (SSSR count). The molecule has 7 N–H and O–H groups in total. The third-order valence-electron chi connectivity index (χ3n) is 7.53. The van der Waals surface area contributed by atoms with Gasteiger partial charge in [-0.05, 0) is 24.1 Å². The molecule has 13 heteroatoms. The van der Waals surface area contributed by atoms with E-state index in [0.29, 0.717) is 36.5 Å². The molecule has 2 saturated heterocycles. The van der Waals surface area contributed by atoms with Crippen LogP contribution in [0.3, 0.4) is 0 Å². The summed E-state index contributed by atoms with van der Waals surface area (Å²) in [6, 6.07) is 20.2. The van der Waals surface area contributed by atoms with Crippen LogP contribution in [0.5, 0.6) is 0 Å². The lowest BCUT2D eigenvalue weighted by molar-refractivity contribution is -0.218. The van der Waals surface area contributed by atoms with Crippen molar-refractivity contribution in [2.75, 3.05) is 25.0 Å². The van der Waals surface area contributed by atoms with Gasteiger partial charge in [-0.25, -0.2) is 15.0 Å². The van der Waals surface area contributed by atoms with E-state index in [1.54, 1.807) is 0 Å². The molecule has 41 heavy (non-hydrogen) atoms. The number of imidazole rings is 1. The van der Waals surface area contributed by atoms with E-state index in [1.165, 1.54) is 17.4 Å². The molecule has 0 bridgehead atoms. The fraction of sp³-hybridized carbons (Fsp3) is 0.357. The number of aliphatic hydroxyl groups is 2. The highest BCUT2D eigenvalue weighted by Crippen LogP contribution is 2.31. The van der Waals surface area contributed by atoms with E-state index in [1.807, 2.05) is 36.4 Å². The summed E-state index contributed by atoms with van der Waals surface area (Å²) in [4.78, 5) is 31.0. The third-order valence-corrected chi connectivity index (χ3v) is 7.53. The minimum Gasteiger partial charge on any atom is -0.385 e. The normalized spacial score (nSPS) is 26.0. The number of nitrogens with two attached hydrogens (primary N) is 1. The Hall–Kier alpha value is -4.14. The van der Waals surface area contributed by atoms with Crippen molar-refractivity contribution in [2.24, 2.45) is 5.73 Å². The molecule has 1 unspecified atom stereocenters. The molecule has 1 amide bonds. The molecule has 2 aliphatic rings. The molecule has 2 aromatic carbocycles. The Morgan fingerprint density at radius 1 is 1.15 bits per heavy atom. The van der Waals surface area contributed by atoms with Crippen molar-refractivity contribution in [1.82, 2.24) is 30.3 Å². The zero-order valence-corrected chi connectivity index (χ0v) is 22.1. The van der Waals surface area contributed by atoms with Crippen LogP contribution in [0.15, 0.2) is 73.3 Å². The van der Waals surface area contributed by atoms with Gasteiger partial charge in [-0.2, -0.15) is 0 Å². The second-order valence-electron chi connectivity index (χ2n) is 10.2. The molecule has 2 aromatic heterocycles. The van der Waals surface area contributed by atoms with Gasteiger partial charge in [-0.15, -0.1) is 4.73 Å². The Morgan fingerprint density at radius 2 is 1.85 bits per heavy atom. The van der Waals surface area contributed by atoms with E-state index in [4.69, 9.17) is 15.3 Å². The molecular weight excluding hydrogens is 528 g/mol. The number of aromatic nitrogens is 4. The lowest BCUT2D eigenvalue weighted by Gasteiger charge is -2.33. The predicted octanol–water partition coefficient (Wildman–Crippen LogP) is -0.290. The molecule has 5 atom stereocenters. The first-order valence-corrected chi connectivity index (χ1v) is 13.5. The first-order valence-electron chi connectivity index (χ1n) is 13.5. The Balaban J connectivity index is 1.25. The van der Waals surface area contributed by atoms with E-state index in [9.17, 15) is 15.0 Å². The highest BCUT2D eigenvalue weighted by molar-refractivity contribution is 5.82. The van der Waals surface area contributed by atoms with Crippen molar-refractivity contribution in [1.29, 1.82) is 0 Å². The van der Waals surface area contributed by atoms with Crippen molar-refractivity contribution >= 4 is 22.9 Å². The molecule has 4 aromatic rings. The molecule has 13 nitrogen and oxygen atoms in total. The number of aliphatic hydroxyl groups excluding tert-OH is 1. The van der Waals surface area contributed by atoms with E-state index >= 15 is 0 Å². The number of ether oxygens (including phenoxy) is 1. The number of nitrogens with zero attached hydrogens (tertiary/aromatic N) is 4. The first-order chi connectivity index (χ1) is 19.9. The van der Waals surface area contributed by atoms with Crippen molar-refractivity contribution < 1.29 is 24.6 Å². The van der Waals surface area contributed by atoms with E-state index in [-0.39, 0.29) is 12.0 Å². The number of primary amides is 1. The zero-order chi connectivity index (χ0) is 28.4. The topological polar surface area (TPSA) is 182 Å². The molecular formula is C28H32N8O5. The van der Waals surface area contributed by atoms with Gasteiger partial charge in [0, 0.05) is 25.0 Å². The second kappa shape index (κ2) is 11.4. The number of amides is 1. The van der Waals surface area contributed by atoms with Crippen LogP contribution in [0.4, 0.5) is 5.82 Å². The zero-order valence-electron chi connectivity index (χ0n) is 22.1. The summed E-state index contributed by atoms with van der Waals surface area (Å²) in [6.45, 7) is 1.83. The number of carbonyl (C=O) groups excluding carboxylic acids is 1. The Morgan fingerprint density at radius 3 is 2.49 bits per heavy atom. The lowest BCUT2D eigenvalue weighted by atomic mass is 9.91. The number of rotatable bonds is 10. The van der Waals surface area contributed by atoms with Crippen molar-refractivity contribution in [2.45, 2.75) is 42.6 Å². The molecule has 0 spiro atoms. The average molecular weight is 561 g/mol. The monoisotopic (exact) mass is 560 g/mol. The Labute approximate surface area is 235 Å². The molecule has 0 radical (unpaired) electrons. The van der Waals surface area contributed by atoms with Gasteiger partial charge in [0.15, 0.2) is 17.4 Å². The van der Waals surface area contributed by atoms with Gasteiger partial charge >= 0.3 is 0 Å². The van der Waals surface area contributed by atoms with Gasteiger partial charge in [0.25, 0.3) is 6.29 Å². The van der Waals surface area contributed by atoms with Crippen molar-refractivity contribution in [3.05, 3.63) is 84.4 Å². The summed E-state index contributed by atoms with van der Waals surface area (Å²) < 4.78 is 6.82. The summed E-state index contributed by atoms with van der Waals surface area (Å²) >= 11 is 0. The quantitative estimate of drug-likeness (QED) is 0.140. The number of nitrogens with one attached hydrogen (secondary N) is 3. The summed E-state index contributed by atoms with van der Waals surface area (Å²) in [6.07, 6.45) is -1.22. The summed E-state index contributed by atoms with van der Waals surface area (Å²) in [7, 11) is 0. The summed E-state index contributed by atoms with van der Waals surface area (Å²) in [5, 5.41) is 31.8. The van der Waals surface area contributed by atoms with Gasteiger partial charge < -0.3 is 36.2 Å². The minimum atomic E-state index is -2.13. The van der Waals surface area contributed by atoms with Crippen LogP contribution >= 0.6 is 0 Å². The van der Waals surface area contributed by atoms with Crippen LogP contribution < -0.4 is 26.5 Å². The molecule has 2 aliphatic heterocycles. The van der Waals surface area contributed by atoms with Crippen LogP contribution in [0.1, 0.15) is 23.5 Å². The van der Waals surface area contributed by atoms with E-state index in [2.05, 4.69) is 55.2 Å². The second-order valence-corrected chi connectivity index (χ2v) is 10.2. The minimum absolute atomic E-state index is 0.0472. The van der Waals surface area contributed by atoms with Gasteiger partial charge in [-0.1, -0.05) is 60.7 Å². The number of benzene rings is 2.